The molecule has 0 bridgehead atoms. The lowest BCUT2D eigenvalue weighted by atomic mass is 10.0. The van der Waals surface area contributed by atoms with E-state index in [1.165, 1.54) is 4.57 Å². The van der Waals surface area contributed by atoms with E-state index in [9.17, 15) is 9.59 Å². The van der Waals surface area contributed by atoms with Crippen molar-refractivity contribution in [2.75, 3.05) is 13.7 Å². The summed E-state index contributed by atoms with van der Waals surface area (Å²) in [7, 11) is 1.56. The fourth-order valence-corrected chi connectivity index (χ4v) is 2.84. The summed E-state index contributed by atoms with van der Waals surface area (Å²) in [5.41, 5.74) is 1.21. The SMILES string of the molecule is COc1ccc2c3c(n(C(=O)OC(C)(C)C)c2c1)C(=O)NCC3. The van der Waals surface area contributed by atoms with Crippen molar-refractivity contribution in [3.05, 3.63) is 29.5 Å². The van der Waals surface area contributed by atoms with E-state index in [-0.39, 0.29) is 5.91 Å². The largest absolute Gasteiger partial charge is 0.497 e. The molecule has 6 nitrogen and oxygen atoms in total. The van der Waals surface area contributed by atoms with Gasteiger partial charge in [-0.3, -0.25) is 4.79 Å². The summed E-state index contributed by atoms with van der Waals surface area (Å²) >= 11 is 0. The van der Waals surface area contributed by atoms with E-state index in [4.69, 9.17) is 9.47 Å². The Balaban J connectivity index is 2.27. The van der Waals surface area contributed by atoms with E-state index >= 15 is 0 Å². The Bertz CT molecular complexity index is 799. The van der Waals surface area contributed by atoms with Gasteiger partial charge in [-0.05, 0) is 44.9 Å². The molecule has 0 fully saturated rings. The first-order chi connectivity index (χ1) is 10.8. The summed E-state index contributed by atoms with van der Waals surface area (Å²) in [6, 6.07) is 5.46. The normalized spacial score (nSPS) is 14.3. The number of methoxy groups -OCH3 is 1. The number of fused-ring (bicyclic) bond motifs is 3. The molecule has 1 aromatic carbocycles. The maximum Gasteiger partial charge on any atom is 0.419 e. The monoisotopic (exact) mass is 316 g/mol. The molecule has 0 spiro atoms. The number of rotatable bonds is 1. The molecule has 23 heavy (non-hydrogen) atoms. The predicted octanol–water partition coefficient (Wildman–Crippen LogP) is 2.72. The van der Waals surface area contributed by atoms with Crippen molar-refractivity contribution in [1.82, 2.24) is 9.88 Å². The van der Waals surface area contributed by atoms with Gasteiger partial charge in [0.05, 0.1) is 12.6 Å². The zero-order valence-corrected chi connectivity index (χ0v) is 13.7. The van der Waals surface area contributed by atoms with Gasteiger partial charge >= 0.3 is 6.09 Å². The molecule has 0 saturated carbocycles. The number of ether oxygens (including phenoxy) is 2. The summed E-state index contributed by atoms with van der Waals surface area (Å²) < 4.78 is 12.1. The van der Waals surface area contributed by atoms with Crippen LogP contribution in [0.15, 0.2) is 18.2 Å². The zero-order valence-electron chi connectivity index (χ0n) is 13.7. The highest BCUT2D eigenvalue weighted by molar-refractivity contribution is 6.07. The standard InChI is InChI=1S/C17H20N2O4/c1-17(2,3)23-16(21)19-13-9-10(22-4)5-6-11(13)12-7-8-18-15(20)14(12)19/h5-6,9H,7-8H2,1-4H3,(H,18,20). The summed E-state index contributed by atoms with van der Waals surface area (Å²) in [5, 5.41) is 3.66. The van der Waals surface area contributed by atoms with E-state index in [1.807, 2.05) is 12.1 Å². The van der Waals surface area contributed by atoms with Crippen molar-refractivity contribution in [1.29, 1.82) is 0 Å². The molecule has 1 amide bonds. The van der Waals surface area contributed by atoms with Gasteiger partial charge in [0.15, 0.2) is 0 Å². The second-order valence-corrected chi connectivity index (χ2v) is 6.53. The van der Waals surface area contributed by atoms with Crippen LogP contribution in [0.5, 0.6) is 5.75 Å². The Morgan fingerprint density at radius 1 is 1.30 bits per heavy atom. The molecule has 0 aliphatic carbocycles. The summed E-state index contributed by atoms with van der Waals surface area (Å²) in [4.78, 5) is 25.0. The molecule has 122 valence electrons. The maximum atomic E-state index is 12.7. The fraction of sp³-hybridized carbons (Fsp3) is 0.412. The molecule has 0 saturated heterocycles. The van der Waals surface area contributed by atoms with Gasteiger partial charge in [0.25, 0.3) is 5.91 Å². The molecule has 0 radical (unpaired) electrons. The number of nitrogens with zero attached hydrogens (tertiary/aromatic N) is 1. The Labute approximate surface area is 134 Å². The quantitative estimate of drug-likeness (QED) is 0.878. The molecule has 3 rings (SSSR count). The number of benzene rings is 1. The summed E-state index contributed by atoms with van der Waals surface area (Å²) in [5.74, 6) is 0.366. The van der Waals surface area contributed by atoms with Gasteiger partial charge in [0, 0.05) is 18.0 Å². The van der Waals surface area contributed by atoms with Gasteiger partial charge in [-0.15, -0.1) is 0 Å². The zero-order chi connectivity index (χ0) is 16.8. The van der Waals surface area contributed by atoms with Crippen molar-refractivity contribution >= 4 is 22.9 Å². The Morgan fingerprint density at radius 2 is 2.04 bits per heavy atom. The van der Waals surface area contributed by atoms with Crippen LogP contribution >= 0.6 is 0 Å². The molecule has 0 unspecified atom stereocenters. The van der Waals surface area contributed by atoms with Gasteiger partial charge in [-0.2, -0.15) is 0 Å². The maximum absolute atomic E-state index is 12.7. The molecule has 1 aliphatic rings. The smallest absolute Gasteiger partial charge is 0.419 e. The summed E-state index contributed by atoms with van der Waals surface area (Å²) in [6.45, 7) is 5.95. The van der Waals surface area contributed by atoms with Crippen molar-refractivity contribution < 1.29 is 19.1 Å². The first-order valence-electron chi connectivity index (χ1n) is 7.54. The van der Waals surface area contributed by atoms with Crippen LogP contribution in [-0.4, -0.2) is 35.8 Å². The van der Waals surface area contributed by atoms with Crippen LogP contribution in [0.3, 0.4) is 0 Å². The van der Waals surface area contributed by atoms with Gasteiger partial charge in [-0.25, -0.2) is 9.36 Å². The number of nitrogens with one attached hydrogen (secondary N) is 1. The van der Waals surface area contributed by atoms with Crippen LogP contribution in [0.4, 0.5) is 4.79 Å². The number of hydrogen-bond donors (Lipinski definition) is 1. The number of carbonyl (C=O) groups excluding carboxylic acids is 2. The van der Waals surface area contributed by atoms with Gasteiger partial charge < -0.3 is 14.8 Å². The Hall–Kier alpha value is -2.50. The molecule has 0 atom stereocenters. The highest BCUT2D eigenvalue weighted by Gasteiger charge is 2.31. The topological polar surface area (TPSA) is 69.6 Å². The third kappa shape index (κ3) is 2.65. The molecule has 2 heterocycles. The van der Waals surface area contributed by atoms with Gasteiger partial charge in [0.2, 0.25) is 0 Å². The van der Waals surface area contributed by atoms with E-state index in [0.29, 0.717) is 29.9 Å². The van der Waals surface area contributed by atoms with E-state index < -0.39 is 11.7 Å². The molecule has 2 aromatic rings. The number of hydrogen-bond acceptors (Lipinski definition) is 4. The third-order valence-electron chi connectivity index (χ3n) is 3.73. The Morgan fingerprint density at radius 3 is 2.70 bits per heavy atom. The van der Waals surface area contributed by atoms with Crippen molar-refractivity contribution in [3.8, 4) is 5.75 Å². The van der Waals surface area contributed by atoms with Crippen LogP contribution in [0.1, 0.15) is 36.8 Å². The van der Waals surface area contributed by atoms with Crippen LogP contribution < -0.4 is 10.1 Å². The van der Waals surface area contributed by atoms with Crippen molar-refractivity contribution in [2.45, 2.75) is 32.8 Å². The molecule has 1 aromatic heterocycles. The van der Waals surface area contributed by atoms with E-state index in [0.717, 1.165) is 10.9 Å². The second-order valence-electron chi connectivity index (χ2n) is 6.53. The second kappa shape index (κ2) is 5.30. The third-order valence-corrected chi connectivity index (χ3v) is 3.73. The summed E-state index contributed by atoms with van der Waals surface area (Å²) in [6.07, 6.45) is 0.119. The van der Waals surface area contributed by atoms with Gasteiger partial charge in [-0.1, -0.05) is 0 Å². The minimum Gasteiger partial charge on any atom is -0.497 e. The lowest BCUT2D eigenvalue weighted by molar-refractivity contribution is 0.0533. The molecule has 1 aliphatic heterocycles. The van der Waals surface area contributed by atoms with E-state index in [1.54, 1.807) is 33.9 Å². The molecular weight excluding hydrogens is 296 g/mol. The van der Waals surface area contributed by atoms with Crippen LogP contribution in [-0.2, 0) is 11.2 Å². The highest BCUT2D eigenvalue weighted by atomic mass is 16.6. The average molecular weight is 316 g/mol. The van der Waals surface area contributed by atoms with E-state index in [2.05, 4.69) is 5.32 Å². The average Bonchev–Trinajstić information content (AvgIpc) is 2.80. The van der Waals surface area contributed by atoms with Crippen LogP contribution in [0.25, 0.3) is 10.9 Å². The minimum absolute atomic E-state index is 0.257. The number of carbonyl (C=O) groups is 2. The lowest BCUT2D eigenvalue weighted by Gasteiger charge is -2.21. The first-order valence-corrected chi connectivity index (χ1v) is 7.54. The first kappa shape index (κ1) is 15.4. The molecule has 6 heteroatoms. The van der Waals surface area contributed by atoms with Crippen LogP contribution in [0, 0.1) is 0 Å². The van der Waals surface area contributed by atoms with Crippen molar-refractivity contribution in [2.24, 2.45) is 0 Å². The minimum atomic E-state index is -0.648. The van der Waals surface area contributed by atoms with Crippen molar-refractivity contribution in [3.63, 3.8) is 0 Å². The number of amides is 1. The highest BCUT2D eigenvalue weighted by Crippen LogP contribution is 2.32. The molecular formula is C17H20N2O4. The Kier molecular flexibility index (Phi) is 3.55. The van der Waals surface area contributed by atoms with Crippen LogP contribution in [0.2, 0.25) is 0 Å². The van der Waals surface area contributed by atoms with Gasteiger partial charge in [0.1, 0.15) is 17.0 Å². The lowest BCUT2D eigenvalue weighted by Crippen LogP contribution is -2.36. The predicted molar refractivity (Wildman–Crippen MR) is 86.2 cm³/mol. The fourth-order valence-electron chi connectivity index (χ4n) is 2.84. The number of aromatic nitrogens is 1. The molecule has 1 N–H and O–H groups in total.